The molecule has 2 heteroatoms. The SMILES string of the molecule is CC(C)NCC(N)c1ccc(C(C)(C)C)cc1. The third kappa shape index (κ3) is 4.49. The molecule has 1 unspecified atom stereocenters. The Morgan fingerprint density at radius 1 is 1.12 bits per heavy atom. The molecule has 0 radical (unpaired) electrons. The van der Waals surface area contributed by atoms with E-state index in [2.05, 4.69) is 64.2 Å². The molecule has 17 heavy (non-hydrogen) atoms. The molecule has 0 aliphatic heterocycles. The van der Waals surface area contributed by atoms with Gasteiger partial charge in [-0.2, -0.15) is 0 Å². The van der Waals surface area contributed by atoms with Crippen molar-refractivity contribution >= 4 is 0 Å². The Labute approximate surface area is 106 Å². The maximum absolute atomic E-state index is 6.14. The van der Waals surface area contributed by atoms with Gasteiger partial charge in [0.2, 0.25) is 0 Å². The molecule has 0 saturated carbocycles. The second kappa shape index (κ2) is 5.65. The first-order chi connectivity index (χ1) is 7.80. The normalized spacial score (nSPS) is 14.1. The van der Waals surface area contributed by atoms with Crippen LogP contribution < -0.4 is 11.1 Å². The largest absolute Gasteiger partial charge is 0.323 e. The lowest BCUT2D eigenvalue weighted by molar-refractivity contribution is 0.537. The lowest BCUT2D eigenvalue weighted by Gasteiger charge is -2.20. The van der Waals surface area contributed by atoms with Gasteiger partial charge in [0.15, 0.2) is 0 Å². The van der Waals surface area contributed by atoms with E-state index in [-0.39, 0.29) is 11.5 Å². The molecule has 0 aliphatic rings. The van der Waals surface area contributed by atoms with Crippen LogP contribution in [0.5, 0.6) is 0 Å². The van der Waals surface area contributed by atoms with Gasteiger partial charge in [-0.1, -0.05) is 58.9 Å². The number of rotatable bonds is 4. The van der Waals surface area contributed by atoms with Crippen LogP contribution in [0.1, 0.15) is 51.8 Å². The summed E-state index contributed by atoms with van der Waals surface area (Å²) in [7, 11) is 0. The van der Waals surface area contributed by atoms with E-state index < -0.39 is 0 Å². The summed E-state index contributed by atoms with van der Waals surface area (Å²) < 4.78 is 0. The van der Waals surface area contributed by atoms with E-state index in [1.165, 1.54) is 11.1 Å². The smallest absolute Gasteiger partial charge is 0.0421 e. The third-order valence-corrected chi connectivity index (χ3v) is 2.95. The Bertz CT molecular complexity index is 333. The second-order valence-electron chi connectivity index (χ2n) is 6.04. The zero-order valence-electron chi connectivity index (χ0n) is 11.7. The summed E-state index contributed by atoms with van der Waals surface area (Å²) in [6.07, 6.45) is 0. The van der Waals surface area contributed by atoms with Crippen LogP contribution in [0.15, 0.2) is 24.3 Å². The Kier molecular flexibility index (Phi) is 4.72. The Morgan fingerprint density at radius 3 is 2.06 bits per heavy atom. The summed E-state index contributed by atoms with van der Waals surface area (Å²) in [5.41, 5.74) is 8.90. The molecule has 0 aromatic heterocycles. The number of hydrogen-bond donors (Lipinski definition) is 2. The molecule has 3 N–H and O–H groups in total. The van der Waals surface area contributed by atoms with E-state index in [0.717, 1.165) is 6.54 Å². The van der Waals surface area contributed by atoms with E-state index in [1.807, 2.05) is 0 Å². The fraction of sp³-hybridized carbons (Fsp3) is 0.600. The van der Waals surface area contributed by atoms with Crippen molar-refractivity contribution in [1.82, 2.24) is 5.32 Å². The summed E-state index contributed by atoms with van der Waals surface area (Å²) in [6.45, 7) is 11.8. The quantitative estimate of drug-likeness (QED) is 0.840. The van der Waals surface area contributed by atoms with Crippen LogP contribution in [0, 0.1) is 0 Å². The van der Waals surface area contributed by atoms with Crippen molar-refractivity contribution in [1.29, 1.82) is 0 Å². The lowest BCUT2D eigenvalue weighted by atomic mass is 9.86. The Morgan fingerprint density at radius 2 is 1.65 bits per heavy atom. The lowest BCUT2D eigenvalue weighted by Crippen LogP contribution is -2.31. The highest BCUT2D eigenvalue weighted by atomic mass is 14.9. The monoisotopic (exact) mass is 234 g/mol. The molecule has 0 bridgehead atoms. The van der Waals surface area contributed by atoms with Gasteiger partial charge >= 0.3 is 0 Å². The van der Waals surface area contributed by atoms with Crippen LogP contribution in [0.2, 0.25) is 0 Å². The molecular formula is C15H26N2. The highest BCUT2D eigenvalue weighted by Crippen LogP contribution is 2.23. The average molecular weight is 234 g/mol. The minimum Gasteiger partial charge on any atom is -0.323 e. The van der Waals surface area contributed by atoms with Crippen molar-refractivity contribution < 1.29 is 0 Å². The molecule has 0 heterocycles. The summed E-state index contributed by atoms with van der Waals surface area (Å²) in [4.78, 5) is 0. The molecule has 1 rings (SSSR count). The van der Waals surface area contributed by atoms with Gasteiger partial charge in [-0.25, -0.2) is 0 Å². The van der Waals surface area contributed by atoms with Crippen LogP contribution in [0.25, 0.3) is 0 Å². The Balaban J connectivity index is 2.67. The fourth-order valence-electron chi connectivity index (χ4n) is 1.71. The van der Waals surface area contributed by atoms with E-state index in [4.69, 9.17) is 5.73 Å². The molecule has 96 valence electrons. The van der Waals surface area contributed by atoms with Crippen molar-refractivity contribution in [3.63, 3.8) is 0 Å². The minimum absolute atomic E-state index is 0.0754. The zero-order valence-corrected chi connectivity index (χ0v) is 11.7. The van der Waals surface area contributed by atoms with Crippen LogP contribution in [-0.4, -0.2) is 12.6 Å². The van der Waals surface area contributed by atoms with E-state index in [0.29, 0.717) is 6.04 Å². The average Bonchev–Trinajstić information content (AvgIpc) is 2.25. The highest BCUT2D eigenvalue weighted by molar-refractivity contribution is 5.29. The number of nitrogens with one attached hydrogen (secondary N) is 1. The summed E-state index contributed by atoms with van der Waals surface area (Å²) in [6, 6.07) is 9.22. The molecule has 1 aromatic carbocycles. The maximum Gasteiger partial charge on any atom is 0.0421 e. The van der Waals surface area contributed by atoms with E-state index >= 15 is 0 Å². The van der Waals surface area contributed by atoms with Gasteiger partial charge in [0, 0.05) is 18.6 Å². The number of hydrogen-bond acceptors (Lipinski definition) is 2. The molecule has 2 nitrogen and oxygen atoms in total. The van der Waals surface area contributed by atoms with Crippen LogP contribution in [-0.2, 0) is 5.41 Å². The van der Waals surface area contributed by atoms with Crippen molar-refractivity contribution in [2.45, 2.75) is 52.1 Å². The standard InChI is InChI=1S/C15H26N2/c1-11(2)17-10-14(16)12-6-8-13(9-7-12)15(3,4)5/h6-9,11,14,17H,10,16H2,1-5H3. The van der Waals surface area contributed by atoms with E-state index in [9.17, 15) is 0 Å². The summed E-state index contributed by atoms with van der Waals surface area (Å²) >= 11 is 0. The minimum atomic E-state index is 0.0754. The first-order valence-electron chi connectivity index (χ1n) is 6.40. The number of benzene rings is 1. The predicted octanol–water partition coefficient (Wildman–Crippen LogP) is 2.98. The van der Waals surface area contributed by atoms with Crippen LogP contribution in [0.3, 0.4) is 0 Å². The molecule has 1 aromatic rings. The van der Waals surface area contributed by atoms with Gasteiger partial charge in [0.25, 0.3) is 0 Å². The zero-order chi connectivity index (χ0) is 13.1. The molecule has 0 amide bonds. The van der Waals surface area contributed by atoms with Crippen molar-refractivity contribution in [2.75, 3.05) is 6.54 Å². The van der Waals surface area contributed by atoms with Crippen LogP contribution >= 0.6 is 0 Å². The van der Waals surface area contributed by atoms with Crippen molar-refractivity contribution in [3.05, 3.63) is 35.4 Å². The summed E-state index contributed by atoms with van der Waals surface area (Å²) in [5, 5.41) is 3.36. The highest BCUT2D eigenvalue weighted by Gasteiger charge is 2.14. The third-order valence-electron chi connectivity index (χ3n) is 2.95. The molecular weight excluding hydrogens is 208 g/mol. The van der Waals surface area contributed by atoms with Gasteiger partial charge in [0.05, 0.1) is 0 Å². The topological polar surface area (TPSA) is 38.0 Å². The van der Waals surface area contributed by atoms with Crippen molar-refractivity contribution in [3.8, 4) is 0 Å². The van der Waals surface area contributed by atoms with Crippen LogP contribution in [0.4, 0.5) is 0 Å². The van der Waals surface area contributed by atoms with Gasteiger partial charge in [-0.15, -0.1) is 0 Å². The Hall–Kier alpha value is -0.860. The van der Waals surface area contributed by atoms with Gasteiger partial charge < -0.3 is 11.1 Å². The van der Waals surface area contributed by atoms with Gasteiger partial charge in [0.1, 0.15) is 0 Å². The molecule has 0 fully saturated rings. The maximum atomic E-state index is 6.14. The predicted molar refractivity (Wildman–Crippen MR) is 75.2 cm³/mol. The summed E-state index contributed by atoms with van der Waals surface area (Å²) in [5.74, 6) is 0. The second-order valence-corrected chi connectivity index (χ2v) is 6.04. The first-order valence-corrected chi connectivity index (χ1v) is 6.40. The number of nitrogens with two attached hydrogens (primary N) is 1. The molecule has 0 spiro atoms. The van der Waals surface area contributed by atoms with Gasteiger partial charge in [-0.05, 0) is 16.5 Å². The molecule has 0 aliphatic carbocycles. The first kappa shape index (κ1) is 14.2. The fourth-order valence-corrected chi connectivity index (χ4v) is 1.71. The van der Waals surface area contributed by atoms with E-state index in [1.54, 1.807) is 0 Å². The van der Waals surface area contributed by atoms with Crippen molar-refractivity contribution in [2.24, 2.45) is 5.73 Å². The molecule has 0 saturated heterocycles. The van der Waals surface area contributed by atoms with Gasteiger partial charge in [-0.3, -0.25) is 0 Å². The molecule has 1 atom stereocenters.